The Balaban J connectivity index is 2.29. The molecule has 0 saturated carbocycles. The summed E-state index contributed by atoms with van der Waals surface area (Å²) in [4.78, 5) is 5.24. The zero-order valence-corrected chi connectivity index (χ0v) is 9.16. The van der Waals surface area contributed by atoms with E-state index >= 15 is 0 Å². The van der Waals surface area contributed by atoms with Crippen molar-refractivity contribution in [3.05, 3.63) is 35.4 Å². The first-order chi connectivity index (χ1) is 7.22. The number of nitriles is 1. The van der Waals surface area contributed by atoms with Crippen molar-refractivity contribution in [2.75, 3.05) is 6.61 Å². The lowest BCUT2D eigenvalue weighted by atomic mass is 10.1. The maximum atomic E-state index is 8.61. The SMILES string of the molecule is CC(C)CONCc1ccc(C#N)cc1. The third kappa shape index (κ3) is 4.59. The molecule has 1 N–H and O–H groups in total. The maximum absolute atomic E-state index is 8.61. The van der Waals surface area contributed by atoms with E-state index in [1.165, 1.54) is 0 Å². The van der Waals surface area contributed by atoms with Gasteiger partial charge in [-0.15, -0.1) is 0 Å². The van der Waals surface area contributed by atoms with E-state index in [9.17, 15) is 0 Å². The molecule has 0 atom stereocenters. The highest BCUT2D eigenvalue weighted by atomic mass is 16.6. The highest BCUT2D eigenvalue weighted by molar-refractivity contribution is 5.31. The smallest absolute Gasteiger partial charge is 0.0991 e. The van der Waals surface area contributed by atoms with Gasteiger partial charge in [0.15, 0.2) is 0 Å². The summed E-state index contributed by atoms with van der Waals surface area (Å²) in [5, 5.41) is 8.61. The number of hydrogen-bond donors (Lipinski definition) is 1. The minimum atomic E-state index is 0.526. The molecule has 0 bridgehead atoms. The number of benzene rings is 1. The number of hydrogen-bond acceptors (Lipinski definition) is 3. The largest absolute Gasteiger partial charge is 0.301 e. The fourth-order valence-corrected chi connectivity index (χ4v) is 1.06. The highest BCUT2D eigenvalue weighted by Gasteiger charge is 1.95. The maximum Gasteiger partial charge on any atom is 0.0991 e. The van der Waals surface area contributed by atoms with Crippen LogP contribution in [0.5, 0.6) is 0 Å². The van der Waals surface area contributed by atoms with Crippen molar-refractivity contribution in [1.29, 1.82) is 5.26 Å². The Morgan fingerprint density at radius 3 is 2.53 bits per heavy atom. The average Bonchev–Trinajstić information content (AvgIpc) is 2.25. The van der Waals surface area contributed by atoms with Gasteiger partial charge in [-0.05, 0) is 23.6 Å². The number of hydroxylamine groups is 1. The van der Waals surface area contributed by atoms with Crippen LogP contribution in [-0.4, -0.2) is 6.61 Å². The lowest BCUT2D eigenvalue weighted by Crippen LogP contribution is -2.17. The summed E-state index contributed by atoms with van der Waals surface area (Å²) < 4.78 is 0. The third-order valence-corrected chi connectivity index (χ3v) is 1.88. The topological polar surface area (TPSA) is 45.0 Å². The van der Waals surface area contributed by atoms with Crippen molar-refractivity contribution in [2.24, 2.45) is 5.92 Å². The molecule has 0 spiro atoms. The molecule has 1 aromatic carbocycles. The van der Waals surface area contributed by atoms with E-state index in [-0.39, 0.29) is 0 Å². The lowest BCUT2D eigenvalue weighted by Gasteiger charge is -2.07. The molecule has 0 aromatic heterocycles. The van der Waals surface area contributed by atoms with Crippen LogP contribution in [0.4, 0.5) is 0 Å². The highest BCUT2D eigenvalue weighted by Crippen LogP contribution is 2.02. The Morgan fingerprint density at radius 2 is 2.00 bits per heavy atom. The van der Waals surface area contributed by atoms with Crippen LogP contribution in [0.25, 0.3) is 0 Å². The Labute approximate surface area is 90.6 Å². The summed E-state index contributed by atoms with van der Waals surface area (Å²) in [6.07, 6.45) is 0. The second-order valence-electron chi connectivity index (χ2n) is 3.83. The fraction of sp³-hybridized carbons (Fsp3) is 0.417. The average molecular weight is 204 g/mol. The second-order valence-corrected chi connectivity index (χ2v) is 3.83. The summed E-state index contributed by atoms with van der Waals surface area (Å²) in [6, 6.07) is 9.54. The van der Waals surface area contributed by atoms with Gasteiger partial charge in [-0.2, -0.15) is 10.7 Å². The van der Waals surface area contributed by atoms with Crippen LogP contribution < -0.4 is 5.48 Å². The van der Waals surface area contributed by atoms with E-state index in [0.717, 1.165) is 5.56 Å². The molecular formula is C12H16N2O. The standard InChI is InChI=1S/C12H16N2O/c1-10(2)9-15-14-8-12-5-3-11(7-13)4-6-12/h3-6,10,14H,8-9H2,1-2H3. The summed E-state index contributed by atoms with van der Waals surface area (Å²) in [5.41, 5.74) is 4.68. The van der Waals surface area contributed by atoms with Gasteiger partial charge in [0.05, 0.1) is 18.2 Å². The van der Waals surface area contributed by atoms with Crippen LogP contribution in [-0.2, 0) is 11.4 Å². The van der Waals surface area contributed by atoms with E-state index in [1.54, 1.807) is 12.1 Å². The summed E-state index contributed by atoms with van der Waals surface area (Å²) in [5.74, 6) is 0.526. The second kappa shape index (κ2) is 6.18. The molecular weight excluding hydrogens is 188 g/mol. The Hall–Kier alpha value is -1.37. The molecule has 0 aliphatic heterocycles. The van der Waals surface area contributed by atoms with E-state index in [1.807, 2.05) is 12.1 Å². The van der Waals surface area contributed by atoms with Crippen LogP contribution in [0.1, 0.15) is 25.0 Å². The van der Waals surface area contributed by atoms with Gasteiger partial charge in [0.25, 0.3) is 0 Å². The Morgan fingerprint density at radius 1 is 1.33 bits per heavy atom. The quantitative estimate of drug-likeness (QED) is 0.591. The van der Waals surface area contributed by atoms with Crippen molar-refractivity contribution >= 4 is 0 Å². The molecule has 1 rings (SSSR count). The first-order valence-corrected chi connectivity index (χ1v) is 5.06. The first kappa shape index (κ1) is 11.7. The molecule has 0 radical (unpaired) electrons. The van der Waals surface area contributed by atoms with Crippen molar-refractivity contribution < 1.29 is 4.84 Å². The van der Waals surface area contributed by atoms with Crippen LogP contribution in [0.2, 0.25) is 0 Å². The molecule has 0 aliphatic rings. The van der Waals surface area contributed by atoms with Gasteiger partial charge >= 0.3 is 0 Å². The predicted octanol–water partition coefficient (Wildman–Crippen LogP) is 2.24. The van der Waals surface area contributed by atoms with Crippen molar-refractivity contribution in [1.82, 2.24) is 5.48 Å². The molecule has 3 heteroatoms. The zero-order chi connectivity index (χ0) is 11.1. The summed E-state index contributed by atoms with van der Waals surface area (Å²) >= 11 is 0. The first-order valence-electron chi connectivity index (χ1n) is 5.06. The molecule has 3 nitrogen and oxygen atoms in total. The Bertz CT molecular complexity index is 324. The molecule has 0 fully saturated rings. The van der Waals surface area contributed by atoms with Crippen molar-refractivity contribution in [3.8, 4) is 6.07 Å². The number of rotatable bonds is 5. The van der Waals surface area contributed by atoms with E-state index in [0.29, 0.717) is 24.6 Å². The monoisotopic (exact) mass is 204 g/mol. The van der Waals surface area contributed by atoms with Crippen LogP contribution in [0.15, 0.2) is 24.3 Å². The van der Waals surface area contributed by atoms with Gasteiger partial charge in [-0.3, -0.25) is 0 Å². The third-order valence-electron chi connectivity index (χ3n) is 1.88. The molecule has 0 aliphatic carbocycles. The molecule has 0 unspecified atom stereocenters. The molecule has 0 amide bonds. The van der Waals surface area contributed by atoms with Gasteiger partial charge in [-0.1, -0.05) is 26.0 Å². The molecule has 80 valence electrons. The van der Waals surface area contributed by atoms with E-state index in [2.05, 4.69) is 25.4 Å². The molecule has 0 heterocycles. The van der Waals surface area contributed by atoms with E-state index < -0.39 is 0 Å². The normalized spacial score (nSPS) is 10.3. The Kier molecular flexibility index (Phi) is 4.82. The van der Waals surface area contributed by atoms with Gasteiger partial charge < -0.3 is 4.84 Å². The lowest BCUT2D eigenvalue weighted by molar-refractivity contribution is 0.0196. The van der Waals surface area contributed by atoms with Gasteiger partial charge in [-0.25, -0.2) is 0 Å². The minimum absolute atomic E-state index is 0.526. The number of nitrogens with zero attached hydrogens (tertiary/aromatic N) is 1. The van der Waals surface area contributed by atoms with Crippen molar-refractivity contribution in [3.63, 3.8) is 0 Å². The van der Waals surface area contributed by atoms with Crippen molar-refractivity contribution in [2.45, 2.75) is 20.4 Å². The van der Waals surface area contributed by atoms with E-state index in [4.69, 9.17) is 10.1 Å². The predicted molar refractivity (Wildman–Crippen MR) is 58.8 cm³/mol. The van der Waals surface area contributed by atoms with Crippen LogP contribution in [0, 0.1) is 17.2 Å². The molecule has 1 aromatic rings. The van der Waals surface area contributed by atoms with Crippen LogP contribution >= 0.6 is 0 Å². The summed E-state index contributed by atoms with van der Waals surface area (Å²) in [7, 11) is 0. The summed E-state index contributed by atoms with van der Waals surface area (Å²) in [6.45, 7) is 5.57. The zero-order valence-electron chi connectivity index (χ0n) is 9.16. The molecule has 15 heavy (non-hydrogen) atoms. The van der Waals surface area contributed by atoms with Gasteiger partial charge in [0, 0.05) is 6.54 Å². The van der Waals surface area contributed by atoms with Crippen LogP contribution in [0.3, 0.4) is 0 Å². The fourth-order valence-electron chi connectivity index (χ4n) is 1.06. The molecule has 0 saturated heterocycles. The number of nitrogens with one attached hydrogen (secondary N) is 1. The van der Waals surface area contributed by atoms with Gasteiger partial charge in [0.2, 0.25) is 0 Å². The minimum Gasteiger partial charge on any atom is -0.301 e. The van der Waals surface area contributed by atoms with Gasteiger partial charge in [0.1, 0.15) is 0 Å².